The Morgan fingerprint density at radius 2 is 2.22 bits per heavy atom. The van der Waals surface area contributed by atoms with Crippen molar-refractivity contribution in [2.75, 3.05) is 13.1 Å². The van der Waals surface area contributed by atoms with Crippen molar-refractivity contribution in [2.45, 2.75) is 25.3 Å². The van der Waals surface area contributed by atoms with Gasteiger partial charge in [0, 0.05) is 12.6 Å². The van der Waals surface area contributed by atoms with Crippen molar-refractivity contribution in [1.29, 1.82) is 0 Å². The van der Waals surface area contributed by atoms with Gasteiger partial charge < -0.3 is 10.6 Å². The van der Waals surface area contributed by atoms with E-state index in [1.807, 2.05) is 0 Å². The fourth-order valence-corrected chi connectivity index (χ4v) is 2.07. The average molecular weight is 273 g/mol. The highest BCUT2D eigenvalue weighted by Crippen LogP contribution is 2.08. The van der Waals surface area contributed by atoms with Crippen LogP contribution in [0.4, 0.5) is 4.39 Å². The normalized spacial score (nSPS) is 18.8. The molecule has 1 aliphatic rings. The highest BCUT2D eigenvalue weighted by Gasteiger charge is 2.16. The molecule has 1 amide bonds. The van der Waals surface area contributed by atoms with Gasteiger partial charge in [-0.05, 0) is 31.0 Å². The third-order valence-corrected chi connectivity index (χ3v) is 2.97. The first-order chi connectivity index (χ1) is 8.25. The van der Waals surface area contributed by atoms with E-state index < -0.39 is 0 Å². The van der Waals surface area contributed by atoms with Crippen LogP contribution >= 0.6 is 12.4 Å². The van der Waals surface area contributed by atoms with Crippen molar-refractivity contribution in [3.63, 3.8) is 0 Å². The number of amides is 1. The molecule has 1 saturated heterocycles. The number of hydrogen-bond donors (Lipinski definition) is 2. The second-order valence-corrected chi connectivity index (χ2v) is 4.38. The van der Waals surface area contributed by atoms with E-state index in [1.165, 1.54) is 6.07 Å². The lowest BCUT2D eigenvalue weighted by Crippen LogP contribution is -2.46. The molecule has 2 N–H and O–H groups in total. The minimum Gasteiger partial charge on any atom is -0.352 e. The third-order valence-electron chi connectivity index (χ3n) is 2.97. The maximum Gasteiger partial charge on any atom is 0.224 e. The predicted molar refractivity (Wildman–Crippen MR) is 71.4 cm³/mol. The second-order valence-electron chi connectivity index (χ2n) is 4.38. The molecule has 1 aromatic rings. The first-order valence-corrected chi connectivity index (χ1v) is 5.99. The van der Waals surface area contributed by atoms with Crippen LogP contribution in [0.1, 0.15) is 18.4 Å². The van der Waals surface area contributed by atoms with Crippen LogP contribution in [0.3, 0.4) is 0 Å². The van der Waals surface area contributed by atoms with Gasteiger partial charge in [0.1, 0.15) is 5.82 Å². The summed E-state index contributed by atoms with van der Waals surface area (Å²) < 4.78 is 13.3. The summed E-state index contributed by atoms with van der Waals surface area (Å²) in [6, 6.07) is 6.58. The summed E-state index contributed by atoms with van der Waals surface area (Å²) in [5, 5.41) is 6.15. The van der Waals surface area contributed by atoms with Crippen molar-refractivity contribution in [2.24, 2.45) is 0 Å². The molecule has 1 aromatic carbocycles. The zero-order valence-corrected chi connectivity index (χ0v) is 10.9. The van der Waals surface area contributed by atoms with Gasteiger partial charge >= 0.3 is 0 Å². The van der Waals surface area contributed by atoms with E-state index in [4.69, 9.17) is 0 Å². The minimum atomic E-state index is -0.315. The summed E-state index contributed by atoms with van der Waals surface area (Å²) in [4.78, 5) is 11.7. The van der Waals surface area contributed by atoms with Gasteiger partial charge in [-0.25, -0.2) is 4.39 Å². The lowest BCUT2D eigenvalue weighted by molar-refractivity contribution is -0.121. The lowest BCUT2D eigenvalue weighted by atomic mass is 10.1. The molecule has 0 unspecified atom stereocenters. The number of carbonyl (C=O) groups is 1. The highest BCUT2D eigenvalue weighted by atomic mass is 35.5. The zero-order chi connectivity index (χ0) is 12.1. The molecular weight excluding hydrogens is 255 g/mol. The van der Waals surface area contributed by atoms with Crippen molar-refractivity contribution >= 4 is 18.3 Å². The molecule has 1 atom stereocenters. The second kappa shape index (κ2) is 7.34. The van der Waals surface area contributed by atoms with Gasteiger partial charge in [-0.1, -0.05) is 18.2 Å². The number of benzene rings is 1. The molecule has 100 valence electrons. The molecular formula is C13H18ClFN2O. The Balaban J connectivity index is 0.00000162. The quantitative estimate of drug-likeness (QED) is 0.879. The third kappa shape index (κ3) is 4.27. The Kier molecular flexibility index (Phi) is 6.09. The number of hydrogen-bond acceptors (Lipinski definition) is 2. The van der Waals surface area contributed by atoms with E-state index in [0.29, 0.717) is 5.56 Å². The average Bonchev–Trinajstić information content (AvgIpc) is 2.33. The standard InChI is InChI=1S/C13H17FN2O.ClH/c14-12-6-2-1-4-10(12)8-13(17)16-11-5-3-7-15-9-11;/h1-2,4,6,11,15H,3,5,7-9H2,(H,16,17);1H/t11-;/m1./s1. The van der Waals surface area contributed by atoms with Gasteiger partial charge in [0.2, 0.25) is 5.91 Å². The molecule has 5 heteroatoms. The smallest absolute Gasteiger partial charge is 0.224 e. The maximum absolute atomic E-state index is 13.3. The number of rotatable bonds is 3. The van der Waals surface area contributed by atoms with Crippen LogP contribution in [-0.4, -0.2) is 25.0 Å². The Morgan fingerprint density at radius 3 is 2.89 bits per heavy atom. The van der Waals surface area contributed by atoms with E-state index in [0.717, 1.165) is 25.9 Å². The Morgan fingerprint density at radius 1 is 1.44 bits per heavy atom. The van der Waals surface area contributed by atoms with Crippen LogP contribution < -0.4 is 10.6 Å². The van der Waals surface area contributed by atoms with Crippen LogP contribution in [0.15, 0.2) is 24.3 Å². The van der Waals surface area contributed by atoms with E-state index in [1.54, 1.807) is 18.2 Å². The summed E-state index contributed by atoms with van der Waals surface area (Å²) in [6.45, 7) is 1.82. The largest absolute Gasteiger partial charge is 0.352 e. The topological polar surface area (TPSA) is 41.1 Å². The van der Waals surface area contributed by atoms with Crippen LogP contribution in [-0.2, 0) is 11.2 Å². The fourth-order valence-electron chi connectivity index (χ4n) is 2.07. The van der Waals surface area contributed by atoms with Crippen LogP contribution in [0.2, 0.25) is 0 Å². The van der Waals surface area contributed by atoms with E-state index in [9.17, 15) is 9.18 Å². The minimum absolute atomic E-state index is 0. The summed E-state index contributed by atoms with van der Waals surface area (Å²) in [6.07, 6.45) is 2.18. The number of halogens is 2. The fraction of sp³-hybridized carbons (Fsp3) is 0.462. The molecule has 0 radical (unpaired) electrons. The molecule has 1 fully saturated rings. The number of carbonyl (C=O) groups excluding carboxylic acids is 1. The van der Waals surface area contributed by atoms with Gasteiger partial charge in [-0.3, -0.25) is 4.79 Å². The molecule has 0 aliphatic carbocycles. The summed E-state index contributed by atoms with van der Waals surface area (Å²) in [7, 11) is 0. The number of piperidine rings is 1. The Hall–Kier alpha value is -1.13. The summed E-state index contributed by atoms with van der Waals surface area (Å²) >= 11 is 0. The van der Waals surface area contributed by atoms with Crippen molar-refractivity contribution in [1.82, 2.24) is 10.6 Å². The number of nitrogens with one attached hydrogen (secondary N) is 2. The van der Waals surface area contributed by atoms with Gasteiger partial charge in [0.25, 0.3) is 0 Å². The van der Waals surface area contributed by atoms with Crippen LogP contribution in [0.5, 0.6) is 0 Å². The van der Waals surface area contributed by atoms with Crippen molar-refractivity contribution in [3.8, 4) is 0 Å². The maximum atomic E-state index is 13.3. The molecule has 1 heterocycles. The zero-order valence-electron chi connectivity index (χ0n) is 10.1. The van der Waals surface area contributed by atoms with Crippen LogP contribution in [0, 0.1) is 5.82 Å². The Bertz CT molecular complexity index is 394. The molecule has 0 bridgehead atoms. The van der Waals surface area contributed by atoms with Gasteiger partial charge in [0.05, 0.1) is 6.42 Å². The summed E-state index contributed by atoms with van der Waals surface area (Å²) in [5.74, 6) is -0.423. The SMILES string of the molecule is Cl.O=C(Cc1ccccc1F)N[C@@H]1CCCNC1. The van der Waals surface area contributed by atoms with E-state index in [2.05, 4.69) is 10.6 Å². The first-order valence-electron chi connectivity index (χ1n) is 5.99. The van der Waals surface area contributed by atoms with Gasteiger partial charge in [-0.15, -0.1) is 12.4 Å². The van der Waals surface area contributed by atoms with Gasteiger partial charge in [0.15, 0.2) is 0 Å². The van der Waals surface area contributed by atoms with Crippen LogP contribution in [0.25, 0.3) is 0 Å². The van der Waals surface area contributed by atoms with E-state index >= 15 is 0 Å². The molecule has 0 saturated carbocycles. The molecule has 2 rings (SSSR count). The monoisotopic (exact) mass is 272 g/mol. The van der Waals surface area contributed by atoms with Gasteiger partial charge in [-0.2, -0.15) is 0 Å². The first kappa shape index (κ1) is 14.9. The molecule has 18 heavy (non-hydrogen) atoms. The lowest BCUT2D eigenvalue weighted by Gasteiger charge is -2.23. The summed E-state index contributed by atoms with van der Waals surface area (Å²) in [5.41, 5.74) is 0.453. The highest BCUT2D eigenvalue weighted by molar-refractivity contribution is 5.85. The molecule has 0 spiro atoms. The molecule has 1 aliphatic heterocycles. The van der Waals surface area contributed by atoms with Crippen molar-refractivity contribution in [3.05, 3.63) is 35.6 Å². The molecule has 3 nitrogen and oxygen atoms in total. The Labute approximate surface area is 113 Å². The van der Waals surface area contributed by atoms with Crippen molar-refractivity contribution < 1.29 is 9.18 Å². The predicted octanol–water partition coefficient (Wildman–Crippen LogP) is 1.66. The molecule has 0 aromatic heterocycles. The van der Waals surface area contributed by atoms with E-state index in [-0.39, 0.29) is 36.6 Å².